The minimum atomic E-state index is -0.845. The molecule has 1 heterocycles. The molecule has 18 heavy (non-hydrogen) atoms. The van der Waals surface area contributed by atoms with Crippen LogP contribution in [-0.2, 0) is 15.5 Å². The quantitative estimate of drug-likeness (QED) is 0.725. The highest BCUT2D eigenvalue weighted by Gasteiger charge is 2.21. The first-order chi connectivity index (χ1) is 8.47. The average Bonchev–Trinajstić information content (AvgIpc) is 2.68. The van der Waals surface area contributed by atoms with Crippen LogP contribution < -0.4 is 0 Å². The van der Waals surface area contributed by atoms with Gasteiger partial charge in [0.2, 0.25) is 5.82 Å². The summed E-state index contributed by atoms with van der Waals surface area (Å²) in [5, 5.41) is 7.75. The van der Waals surface area contributed by atoms with Crippen LogP contribution in [0.4, 0.5) is 0 Å². The Hall–Kier alpha value is -1.24. The molecule has 0 saturated carbocycles. The van der Waals surface area contributed by atoms with E-state index in [-0.39, 0.29) is 11.9 Å². The maximum absolute atomic E-state index is 11.7. The van der Waals surface area contributed by atoms with Crippen molar-refractivity contribution in [2.24, 2.45) is 0 Å². The minimum absolute atomic E-state index is 0.0170. The number of esters is 1. The molecular formula is C11H19N3O3S. The molecule has 7 heteroatoms. The first-order valence-electron chi connectivity index (χ1n) is 5.86. The third-order valence-corrected chi connectivity index (χ3v) is 3.40. The summed E-state index contributed by atoms with van der Waals surface area (Å²) in [6.07, 6.45) is 2.37. The summed E-state index contributed by atoms with van der Waals surface area (Å²) in [7, 11) is -0.845. The molecule has 1 rings (SSSR count). The molecule has 0 aromatic carbocycles. The van der Waals surface area contributed by atoms with Gasteiger partial charge < -0.3 is 9.30 Å². The van der Waals surface area contributed by atoms with Crippen LogP contribution in [0, 0.1) is 6.92 Å². The van der Waals surface area contributed by atoms with Gasteiger partial charge in [0.1, 0.15) is 5.82 Å². The topological polar surface area (TPSA) is 74.1 Å². The zero-order valence-electron chi connectivity index (χ0n) is 11.2. The number of ether oxygens (including phenoxy) is 1. The fraction of sp³-hybridized carbons (Fsp3) is 0.727. The molecule has 6 nitrogen and oxygen atoms in total. The number of carbonyl (C=O) groups excluding carboxylic acids is 1. The van der Waals surface area contributed by atoms with Crippen LogP contribution in [0.25, 0.3) is 0 Å². The monoisotopic (exact) mass is 273 g/mol. The fourth-order valence-corrected chi connectivity index (χ4v) is 2.37. The summed E-state index contributed by atoms with van der Waals surface area (Å²) in [6, 6.07) is 0.0170. The van der Waals surface area contributed by atoms with Gasteiger partial charge in [-0.1, -0.05) is 0 Å². The van der Waals surface area contributed by atoms with Crippen LogP contribution in [0.5, 0.6) is 0 Å². The second-order valence-corrected chi connectivity index (χ2v) is 5.63. The molecule has 0 aliphatic heterocycles. The second-order valence-electron chi connectivity index (χ2n) is 4.08. The molecule has 0 saturated heterocycles. The highest BCUT2D eigenvalue weighted by Crippen LogP contribution is 2.16. The molecule has 0 fully saturated rings. The summed E-state index contributed by atoms with van der Waals surface area (Å²) < 4.78 is 17.8. The van der Waals surface area contributed by atoms with Crippen LogP contribution in [0.3, 0.4) is 0 Å². The predicted molar refractivity (Wildman–Crippen MR) is 69.0 cm³/mol. The summed E-state index contributed by atoms with van der Waals surface area (Å²) in [5.74, 6) is 0.986. The molecular weight excluding hydrogens is 254 g/mol. The van der Waals surface area contributed by atoms with Gasteiger partial charge in [-0.2, -0.15) is 0 Å². The summed E-state index contributed by atoms with van der Waals surface area (Å²) >= 11 is 0. The molecule has 2 unspecified atom stereocenters. The van der Waals surface area contributed by atoms with Gasteiger partial charge in [0.05, 0.1) is 6.61 Å². The van der Waals surface area contributed by atoms with E-state index in [4.69, 9.17) is 4.74 Å². The molecule has 0 N–H and O–H groups in total. The number of aryl methyl sites for hydroxylation is 1. The van der Waals surface area contributed by atoms with Crippen molar-refractivity contribution < 1.29 is 13.7 Å². The van der Waals surface area contributed by atoms with E-state index < -0.39 is 16.8 Å². The third-order valence-electron chi connectivity index (χ3n) is 2.59. The number of aromatic nitrogens is 3. The highest BCUT2D eigenvalue weighted by molar-refractivity contribution is 7.84. The van der Waals surface area contributed by atoms with Gasteiger partial charge in [-0.05, 0) is 27.2 Å². The molecule has 102 valence electrons. The largest absolute Gasteiger partial charge is 0.460 e. The van der Waals surface area contributed by atoms with Gasteiger partial charge in [-0.3, -0.25) is 4.21 Å². The number of nitrogens with zero attached hydrogens (tertiary/aromatic N) is 3. The van der Waals surface area contributed by atoms with E-state index in [1.807, 2.05) is 6.92 Å². The molecule has 0 amide bonds. The van der Waals surface area contributed by atoms with Crippen LogP contribution in [0.15, 0.2) is 0 Å². The van der Waals surface area contributed by atoms with E-state index in [2.05, 4.69) is 10.2 Å². The van der Waals surface area contributed by atoms with Crippen LogP contribution in [0.1, 0.15) is 42.8 Å². The van der Waals surface area contributed by atoms with Crippen molar-refractivity contribution in [3.05, 3.63) is 11.6 Å². The Morgan fingerprint density at radius 3 is 2.72 bits per heavy atom. The van der Waals surface area contributed by atoms with Gasteiger partial charge in [0.15, 0.2) is 0 Å². The highest BCUT2D eigenvalue weighted by atomic mass is 32.2. The van der Waals surface area contributed by atoms with E-state index in [0.717, 1.165) is 0 Å². The van der Waals surface area contributed by atoms with E-state index in [1.54, 1.807) is 24.7 Å². The summed E-state index contributed by atoms with van der Waals surface area (Å²) in [5.41, 5.74) is 0. The van der Waals surface area contributed by atoms with Gasteiger partial charge >= 0.3 is 5.97 Å². The van der Waals surface area contributed by atoms with Crippen molar-refractivity contribution in [1.29, 1.82) is 0 Å². The molecule has 0 bridgehead atoms. The first-order valence-corrected chi connectivity index (χ1v) is 7.58. The van der Waals surface area contributed by atoms with Crippen molar-refractivity contribution in [3.63, 3.8) is 0 Å². The summed E-state index contributed by atoms with van der Waals surface area (Å²) in [6.45, 7) is 5.79. The summed E-state index contributed by atoms with van der Waals surface area (Å²) in [4.78, 5) is 11.7. The average molecular weight is 273 g/mol. The van der Waals surface area contributed by atoms with E-state index in [1.165, 1.54) is 0 Å². The number of carbonyl (C=O) groups is 1. The first kappa shape index (κ1) is 14.8. The molecule has 2 atom stereocenters. The van der Waals surface area contributed by atoms with Crippen LogP contribution in [0.2, 0.25) is 0 Å². The third kappa shape index (κ3) is 3.63. The Morgan fingerprint density at radius 2 is 2.17 bits per heavy atom. The van der Waals surface area contributed by atoms with Crippen LogP contribution >= 0.6 is 0 Å². The molecule has 1 aromatic rings. The van der Waals surface area contributed by atoms with Crippen molar-refractivity contribution in [2.75, 3.05) is 18.6 Å². The Bertz CT molecular complexity index is 445. The zero-order valence-corrected chi connectivity index (χ0v) is 12.0. The zero-order chi connectivity index (χ0) is 13.7. The fourth-order valence-electron chi connectivity index (χ4n) is 1.70. The van der Waals surface area contributed by atoms with E-state index in [0.29, 0.717) is 24.6 Å². The maximum atomic E-state index is 11.7. The molecule has 0 radical (unpaired) electrons. The van der Waals surface area contributed by atoms with Gasteiger partial charge in [-0.25, -0.2) is 4.79 Å². The smallest absolute Gasteiger partial charge is 0.376 e. The van der Waals surface area contributed by atoms with Gasteiger partial charge in [0, 0.05) is 28.9 Å². The Balaban J connectivity index is 2.89. The molecule has 0 spiro atoms. The number of hydrogen-bond acceptors (Lipinski definition) is 5. The van der Waals surface area contributed by atoms with Crippen molar-refractivity contribution in [2.45, 2.75) is 33.2 Å². The molecule has 0 aliphatic carbocycles. The van der Waals surface area contributed by atoms with Gasteiger partial charge in [0.25, 0.3) is 0 Å². The lowest BCUT2D eigenvalue weighted by Gasteiger charge is -2.15. The normalized spacial score (nSPS) is 14.2. The Labute approximate surface area is 109 Å². The van der Waals surface area contributed by atoms with Gasteiger partial charge in [-0.15, -0.1) is 10.2 Å². The van der Waals surface area contributed by atoms with Crippen LogP contribution in [-0.4, -0.2) is 43.6 Å². The lowest BCUT2D eigenvalue weighted by molar-refractivity contribution is 0.0503. The van der Waals surface area contributed by atoms with Crippen molar-refractivity contribution >= 4 is 16.8 Å². The SMILES string of the molecule is CCOC(=O)c1nnc(C)n1C(C)CCS(C)=O. The van der Waals surface area contributed by atoms with Crippen molar-refractivity contribution in [1.82, 2.24) is 14.8 Å². The maximum Gasteiger partial charge on any atom is 0.376 e. The lowest BCUT2D eigenvalue weighted by atomic mass is 10.2. The second kappa shape index (κ2) is 6.63. The standard InChI is InChI=1S/C11H19N3O3S/c1-5-17-11(15)10-13-12-9(3)14(10)8(2)6-7-18(4)16/h8H,5-7H2,1-4H3. The Morgan fingerprint density at radius 1 is 1.50 bits per heavy atom. The number of rotatable bonds is 6. The van der Waals surface area contributed by atoms with E-state index >= 15 is 0 Å². The minimum Gasteiger partial charge on any atom is -0.460 e. The number of hydrogen-bond donors (Lipinski definition) is 0. The predicted octanol–water partition coefficient (Wildman–Crippen LogP) is 1.09. The Kier molecular flexibility index (Phi) is 5.46. The molecule has 1 aromatic heterocycles. The lowest BCUT2D eigenvalue weighted by Crippen LogP contribution is -2.18. The van der Waals surface area contributed by atoms with E-state index in [9.17, 15) is 9.00 Å². The molecule has 0 aliphatic rings. The van der Waals surface area contributed by atoms with Crippen molar-refractivity contribution in [3.8, 4) is 0 Å².